The average molecular weight is 198 g/mol. The normalized spacial score (nSPS) is 12.3. The van der Waals surface area contributed by atoms with Gasteiger partial charge in [-0.2, -0.15) is 12.6 Å². The van der Waals surface area contributed by atoms with Crippen LogP contribution >= 0.6 is 24.2 Å². The first kappa shape index (κ1) is 10.7. The molecular weight excluding hydrogens is 190 g/mol. The summed E-state index contributed by atoms with van der Waals surface area (Å²) in [6.45, 7) is 0. The number of alkyl halides is 1. The third-order valence-electron chi connectivity index (χ3n) is 0.823. The van der Waals surface area contributed by atoms with Gasteiger partial charge in [0.1, 0.15) is 11.9 Å². The molecule has 0 aromatic carbocycles. The second-order valence-corrected chi connectivity index (χ2v) is 2.35. The molecule has 0 aliphatic carbocycles. The van der Waals surface area contributed by atoms with Gasteiger partial charge in [-0.25, -0.2) is 4.79 Å². The zero-order valence-electron chi connectivity index (χ0n) is 5.62. The zero-order valence-corrected chi connectivity index (χ0v) is 7.27. The van der Waals surface area contributed by atoms with Crippen molar-refractivity contribution in [1.82, 2.24) is 0 Å². The van der Waals surface area contributed by atoms with E-state index in [0.717, 1.165) is 0 Å². The number of carbonyl (C=O) groups excluding carboxylic acids is 2. The number of thiol groups is 1. The van der Waals surface area contributed by atoms with E-state index in [0.29, 0.717) is 0 Å². The summed E-state index contributed by atoms with van der Waals surface area (Å²) < 4.78 is 4.17. The Bertz CT molecular complexity index is 164. The quantitative estimate of drug-likeness (QED) is 0.278. The van der Waals surface area contributed by atoms with E-state index in [1.54, 1.807) is 0 Å². The maximum atomic E-state index is 10.7. The Balaban J connectivity index is 3.77. The van der Waals surface area contributed by atoms with Crippen LogP contribution in [0.15, 0.2) is 0 Å². The number of ether oxygens (including phenoxy) is 1. The lowest BCUT2D eigenvalue weighted by atomic mass is 10.4. The van der Waals surface area contributed by atoms with Crippen molar-refractivity contribution < 1.29 is 14.3 Å². The molecule has 0 rings (SSSR count). The van der Waals surface area contributed by atoms with Crippen molar-refractivity contribution >= 4 is 36.2 Å². The Kier molecular flexibility index (Phi) is 5.27. The van der Waals surface area contributed by atoms with E-state index in [1.807, 2.05) is 0 Å². The van der Waals surface area contributed by atoms with Gasteiger partial charge in [0.05, 0.1) is 0 Å². The Morgan fingerprint density at radius 3 is 2.55 bits per heavy atom. The summed E-state index contributed by atoms with van der Waals surface area (Å²) in [5, 5.41) is 0. The second kappa shape index (κ2) is 5.40. The van der Waals surface area contributed by atoms with Crippen LogP contribution in [0.25, 0.3) is 0 Å². The van der Waals surface area contributed by atoms with E-state index in [-0.39, 0.29) is 11.6 Å². The van der Waals surface area contributed by atoms with Gasteiger partial charge in [-0.15, -0.1) is 11.6 Å². The SMILES string of the molecule is N[C@@H](CS)C(=O)OC(=O)CCl. The average Bonchev–Trinajstić information content (AvgIpc) is 2.02. The van der Waals surface area contributed by atoms with Gasteiger partial charge in [-0.3, -0.25) is 4.79 Å². The van der Waals surface area contributed by atoms with Crippen molar-refractivity contribution in [3.05, 3.63) is 0 Å². The molecule has 0 fully saturated rings. The number of carbonyl (C=O) groups is 2. The molecule has 0 amide bonds. The molecule has 64 valence electrons. The lowest BCUT2D eigenvalue weighted by Gasteiger charge is -2.04. The van der Waals surface area contributed by atoms with Gasteiger partial charge in [0.15, 0.2) is 0 Å². The molecule has 0 aliphatic heterocycles. The first-order valence-corrected chi connectivity index (χ1v) is 3.95. The van der Waals surface area contributed by atoms with Crippen LogP contribution in [0, 0.1) is 0 Å². The van der Waals surface area contributed by atoms with Gasteiger partial charge < -0.3 is 10.5 Å². The maximum absolute atomic E-state index is 10.7. The molecule has 0 heterocycles. The van der Waals surface area contributed by atoms with Crippen LogP contribution in [0.3, 0.4) is 0 Å². The molecule has 11 heavy (non-hydrogen) atoms. The first-order chi connectivity index (χ1) is 5.11. The molecule has 0 saturated heterocycles. The standard InChI is InChI=1S/C5H8ClNO3S/c6-1-4(8)10-5(9)3(7)2-11/h3,11H,1-2,7H2/t3-/m0/s1. The molecule has 4 nitrogen and oxygen atoms in total. The fourth-order valence-electron chi connectivity index (χ4n) is 0.290. The number of hydrogen-bond acceptors (Lipinski definition) is 5. The summed E-state index contributed by atoms with van der Waals surface area (Å²) in [7, 11) is 0. The highest BCUT2D eigenvalue weighted by Gasteiger charge is 2.16. The molecule has 1 atom stereocenters. The van der Waals surface area contributed by atoms with Gasteiger partial charge in [0, 0.05) is 5.75 Å². The largest absolute Gasteiger partial charge is 0.391 e. The van der Waals surface area contributed by atoms with Crippen molar-refractivity contribution in [2.45, 2.75) is 6.04 Å². The molecule has 0 bridgehead atoms. The highest BCUT2D eigenvalue weighted by atomic mass is 35.5. The molecule has 0 aromatic heterocycles. The van der Waals surface area contributed by atoms with Gasteiger partial charge in [-0.05, 0) is 0 Å². The number of nitrogens with two attached hydrogens (primary N) is 1. The van der Waals surface area contributed by atoms with Gasteiger partial charge in [0.2, 0.25) is 0 Å². The molecule has 0 aromatic rings. The summed E-state index contributed by atoms with van der Waals surface area (Å²) in [5.74, 6) is -1.82. The van der Waals surface area contributed by atoms with Gasteiger partial charge in [0.25, 0.3) is 0 Å². The number of esters is 2. The van der Waals surface area contributed by atoms with E-state index in [9.17, 15) is 9.59 Å². The number of halogens is 1. The third-order valence-corrected chi connectivity index (χ3v) is 1.43. The monoisotopic (exact) mass is 197 g/mol. The van der Waals surface area contributed by atoms with Crippen LogP contribution in [-0.4, -0.2) is 29.6 Å². The molecule has 0 unspecified atom stereocenters. The maximum Gasteiger partial charge on any atom is 0.331 e. The lowest BCUT2D eigenvalue weighted by Crippen LogP contribution is -2.35. The van der Waals surface area contributed by atoms with Crippen LogP contribution in [-0.2, 0) is 14.3 Å². The Morgan fingerprint density at radius 2 is 2.18 bits per heavy atom. The second-order valence-electron chi connectivity index (χ2n) is 1.72. The Labute approximate surface area is 74.4 Å². The van der Waals surface area contributed by atoms with Gasteiger partial charge in [-0.1, -0.05) is 0 Å². The van der Waals surface area contributed by atoms with Crippen LogP contribution in [0.4, 0.5) is 0 Å². The Morgan fingerprint density at radius 1 is 1.64 bits per heavy atom. The zero-order chi connectivity index (χ0) is 8.85. The minimum atomic E-state index is -0.870. The highest BCUT2D eigenvalue weighted by molar-refractivity contribution is 7.80. The van der Waals surface area contributed by atoms with Crippen LogP contribution < -0.4 is 5.73 Å². The third kappa shape index (κ3) is 4.23. The van der Waals surface area contributed by atoms with Crippen molar-refractivity contribution in [3.63, 3.8) is 0 Å². The summed E-state index contributed by atoms with van der Waals surface area (Å²) >= 11 is 8.79. The molecular formula is C5H8ClNO3S. The predicted molar refractivity (Wildman–Crippen MR) is 43.6 cm³/mol. The molecule has 0 spiro atoms. The number of rotatable bonds is 3. The predicted octanol–water partition coefficient (Wildman–Crippen LogP) is -0.448. The summed E-state index contributed by atoms with van der Waals surface area (Å²) in [6.07, 6.45) is 0. The van der Waals surface area contributed by atoms with Crippen molar-refractivity contribution in [1.29, 1.82) is 0 Å². The van der Waals surface area contributed by atoms with Crippen molar-refractivity contribution in [2.75, 3.05) is 11.6 Å². The molecule has 0 radical (unpaired) electrons. The molecule has 6 heteroatoms. The smallest absolute Gasteiger partial charge is 0.331 e. The van der Waals surface area contributed by atoms with Crippen LogP contribution in [0.1, 0.15) is 0 Å². The Hall–Kier alpha value is -0.260. The van der Waals surface area contributed by atoms with E-state index in [4.69, 9.17) is 17.3 Å². The molecule has 0 saturated carbocycles. The van der Waals surface area contributed by atoms with E-state index in [2.05, 4.69) is 17.4 Å². The van der Waals surface area contributed by atoms with E-state index < -0.39 is 18.0 Å². The molecule has 0 aliphatic rings. The highest BCUT2D eigenvalue weighted by Crippen LogP contribution is 1.90. The van der Waals surface area contributed by atoms with Crippen LogP contribution in [0.5, 0.6) is 0 Å². The summed E-state index contributed by atoms with van der Waals surface area (Å²) in [4.78, 5) is 21.1. The summed E-state index contributed by atoms with van der Waals surface area (Å²) in [6, 6.07) is -0.870. The van der Waals surface area contributed by atoms with Crippen molar-refractivity contribution in [3.8, 4) is 0 Å². The fourth-order valence-corrected chi connectivity index (χ4v) is 0.493. The lowest BCUT2D eigenvalue weighted by molar-refractivity contribution is -0.158. The minimum Gasteiger partial charge on any atom is -0.391 e. The van der Waals surface area contributed by atoms with E-state index in [1.165, 1.54) is 0 Å². The van der Waals surface area contributed by atoms with E-state index >= 15 is 0 Å². The van der Waals surface area contributed by atoms with Gasteiger partial charge >= 0.3 is 11.9 Å². The first-order valence-electron chi connectivity index (χ1n) is 2.78. The van der Waals surface area contributed by atoms with Crippen molar-refractivity contribution in [2.24, 2.45) is 5.73 Å². The van der Waals surface area contributed by atoms with Crippen LogP contribution in [0.2, 0.25) is 0 Å². The minimum absolute atomic E-state index is 0.133. The molecule has 2 N–H and O–H groups in total. The summed E-state index contributed by atoms with van der Waals surface area (Å²) in [5.41, 5.74) is 5.17. The fraction of sp³-hybridized carbons (Fsp3) is 0.600. The topological polar surface area (TPSA) is 69.4 Å². The number of hydrogen-bond donors (Lipinski definition) is 2.